The lowest BCUT2D eigenvalue weighted by molar-refractivity contribution is 0.203. The minimum atomic E-state index is -0.479. The summed E-state index contributed by atoms with van der Waals surface area (Å²) in [5.41, 5.74) is 0.824. The Morgan fingerprint density at radius 3 is 2.62 bits per heavy atom. The lowest BCUT2D eigenvalue weighted by Crippen LogP contribution is -1.98. The van der Waals surface area contributed by atoms with Crippen LogP contribution in [0.25, 0.3) is 0 Å². The maximum Gasteiger partial charge on any atom is 0.0960 e. The van der Waals surface area contributed by atoms with E-state index in [1.807, 2.05) is 24.3 Å². The highest BCUT2D eigenvalue weighted by Gasteiger charge is 2.08. The average Bonchev–Trinajstić information content (AvgIpc) is 2.81. The summed E-state index contributed by atoms with van der Waals surface area (Å²) in [6, 6.07) is 9.82. The second-order valence-electron chi connectivity index (χ2n) is 3.34. The molecule has 1 aromatic carbocycles. The fraction of sp³-hybridized carbons (Fsp3) is 0.167. The van der Waals surface area contributed by atoms with Crippen molar-refractivity contribution in [2.45, 2.75) is 11.0 Å². The molecule has 0 spiro atoms. The van der Waals surface area contributed by atoms with Gasteiger partial charge in [-0.1, -0.05) is 15.9 Å². The molecule has 2 rings (SSSR count). The van der Waals surface area contributed by atoms with E-state index in [2.05, 4.69) is 15.9 Å². The van der Waals surface area contributed by atoms with Gasteiger partial charge in [-0.05, 0) is 30.3 Å². The van der Waals surface area contributed by atoms with Gasteiger partial charge in [0, 0.05) is 20.7 Å². The molecule has 0 aliphatic rings. The number of rotatable bonds is 4. The maximum atomic E-state index is 9.84. The minimum Gasteiger partial charge on any atom is -0.472 e. The summed E-state index contributed by atoms with van der Waals surface area (Å²) in [7, 11) is 0. The third-order valence-electron chi connectivity index (χ3n) is 2.15. The zero-order valence-corrected chi connectivity index (χ0v) is 10.9. The van der Waals surface area contributed by atoms with Crippen LogP contribution in [0, 0.1) is 0 Å². The molecule has 0 bridgehead atoms. The van der Waals surface area contributed by atoms with Gasteiger partial charge in [0.25, 0.3) is 0 Å². The van der Waals surface area contributed by atoms with E-state index in [1.165, 1.54) is 0 Å². The highest BCUT2D eigenvalue weighted by molar-refractivity contribution is 9.10. The quantitative estimate of drug-likeness (QED) is 0.870. The van der Waals surface area contributed by atoms with Crippen LogP contribution >= 0.6 is 27.7 Å². The van der Waals surface area contributed by atoms with Crippen molar-refractivity contribution in [1.82, 2.24) is 0 Å². The summed E-state index contributed by atoms with van der Waals surface area (Å²) in [5.74, 6) is 0.626. The van der Waals surface area contributed by atoms with Gasteiger partial charge in [0.2, 0.25) is 0 Å². The minimum absolute atomic E-state index is 0.479. The van der Waals surface area contributed by atoms with Gasteiger partial charge in [-0.2, -0.15) is 0 Å². The van der Waals surface area contributed by atoms with E-state index in [4.69, 9.17) is 4.42 Å². The highest BCUT2D eigenvalue weighted by Crippen LogP contribution is 2.25. The van der Waals surface area contributed by atoms with Gasteiger partial charge in [0.15, 0.2) is 0 Å². The molecule has 0 fully saturated rings. The van der Waals surface area contributed by atoms with E-state index in [0.717, 1.165) is 14.9 Å². The van der Waals surface area contributed by atoms with Crippen LogP contribution < -0.4 is 0 Å². The number of hydrogen-bond acceptors (Lipinski definition) is 3. The topological polar surface area (TPSA) is 33.4 Å². The van der Waals surface area contributed by atoms with Crippen molar-refractivity contribution in [3.63, 3.8) is 0 Å². The second-order valence-corrected chi connectivity index (χ2v) is 5.35. The molecule has 0 saturated heterocycles. The molecule has 0 radical (unpaired) electrons. The van der Waals surface area contributed by atoms with E-state index >= 15 is 0 Å². The van der Waals surface area contributed by atoms with Crippen LogP contribution in [0.5, 0.6) is 0 Å². The van der Waals surface area contributed by atoms with Crippen molar-refractivity contribution in [1.29, 1.82) is 0 Å². The normalized spacial score (nSPS) is 12.6. The molecule has 16 heavy (non-hydrogen) atoms. The zero-order chi connectivity index (χ0) is 11.4. The fourth-order valence-corrected chi connectivity index (χ4v) is 2.40. The molecule has 1 atom stereocenters. The second kappa shape index (κ2) is 5.57. The van der Waals surface area contributed by atoms with Crippen LogP contribution in [-0.2, 0) is 0 Å². The molecule has 1 N–H and O–H groups in total. The van der Waals surface area contributed by atoms with Crippen molar-refractivity contribution in [2.75, 3.05) is 5.75 Å². The maximum absolute atomic E-state index is 9.84. The smallest absolute Gasteiger partial charge is 0.0960 e. The first-order valence-electron chi connectivity index (χ1n) is 4.84. The molecule has 1 unspecified atom stereocenters. The zero-order valence-electron chi connectivity index (χ0n) is 8.47. The van der Waals surface area contributed by atoms with E-state index in [9.17, 15) is 5.11 Å². The summed E-state index contributed by atoms with van der Waals surface area (Å²) in [5, 5.41) is 9.84. The van der Waals surface area contributed by atoms with Crippen LogP contribution in [0.4, 0.5) is 0 Å². The molecule has 0 saturated carbocycles. The average molecular weight is 299 g/mol. The number of halogens is 1. The Morgan fingerprint density at radius 1 is 1.25 bits per heavy atom. The summed E-state index contributed by atoms with van der Waals surface area (Å²) in [6.07, 6.45) is 2.67. The number of hydrogen-bond donors (Lipinski definition) is 1. The largest absolute Gasteiger partial charge is 0.472 e. The standard InChI is InChI=1S/C12H11BrO2S/c13-10-1-3-11(4-2-10)16-8-12(14)9-5-6-15-7-9/h1-7,12,14H,8H2. The molecule has 0 amide bonds. The SMILES string of the molecule is OC(CSc1ccc(Br)cc1)c1ccoc1. The molecular formula is C12H11BrO2S. The summed E-state index contributed by atoms with van der Waals surface area (Å²) < 4.78 is 5.99. The van der Waals surface area contributed by atoms with Crippen molar-refractivity contribution >= 4 is 27.7 Å². The van der Waals surface area contributed by atoms with Crippen LogP contribution in [0.1, 0.15) is 11.7 Å². The monoisotopic (exact) mass is 298 g/mol. The van der Waals surface area contributed by atoms with E-state index in [0.29, 0.717) is 5.75 Å². The Hall–Kier alpha value is -0.710. The lowest BCUT2D eigenvalue weighted by Gasteiger charge is -2.07. The Bertz CT molecular complexity index is 425. The number of furan rings is 1. The predicted molar refractivity (Wildman–Crippen MR) is 68.5 cm³/mol. The van der Waals surface area contributed by atoms with E-state index in [1.54, 1.807) is 30.4 Å². The molecule has 4 heteroatoms. The molecule has 1 heterocycles. The first-order valence-corrected chi connectivity index (χ1v) is 6.62. The molecular weight excluding hydrogens is 288 g/mol. The van der Waals surface area contributed by atoms with Gasteiger partial charge >= 0.3 is 0 Å². The van der Waals surface area contributed by atoms with E-state index < -0.39 is 6.10 Å². The first-order chi connectivity index (χ1) is 7.75. The Morgan fingerprint density at radius 2 is 2.00 bits per heavy atom. The number of aliphatic hydroxyl groups is 1. The van der Waals surface area contributed by atoms with Crippen LogP contribution in [0.2, 0.25) is 0 Å². The van der Waals surface area contributed by atoms with Gasteiger partial charge in [0.05, 0.1) is 18.6 Å². The third-order valence-corrected chi connectivity index (χ3v) is 3.77. The van der Waals surface area contributed by atoms with Crippen LogP contribution in [-0.4, -0.2) is 10.9 Å². The Kier molecular flexibility index (Phi) is 4.09. The molecule has 0 aliphatic heterocycles. The first kappa shape index (κ1) is 11.8. The van der Waals surface area contributed by atoms with Crippen LogP contribution in [0.15, 0.2) is 56.6 Å². The van der Waals surface area contributed by atoms with E-state index in [-0.39, 0.29) is 0 Å². The van der Waals surface area contributed by atoms with Gasteiger partial charge in [-0.15, -0.1) is 11.8 Å². The van der Waals surface area contributed by atoms with Gasteiger partial charge in [-0.3, -0.25) is 0 Å². The van der Waals surface area contributed by atoms with Gasteiger partial charge < -0.3 is 9.52 Å². The number of aliphatic hydroxyl groups excluding tert-OH is 1. The number of thioether (sulfide) groups is 1. The molecule has 1 aromatic heterocycles. The Labute approximate surface area is 107 Å². The lowest BCUT2D eigenvalue weighted by atomic mass is 10.2. The van der Waals surface area contributed by atoms with Crippen molar-refractivity contribution < 1.29 is 9.52 Å². The summed E-state index contributed by atoms with van der Waals surface area (Å²) in [4.78, 5) is 1.14. The molecule has 0 aliphatic carbocycles. The van der Waals surface area contributed by atoms with Crippen molar-refractivity contribution in [2.24, 2.45) is 0 Å². The van der Waals surface area contributed by atoms with Crippen molar-refractivity contribution in [3.05, 3.63) is 52.9 Å². The summed E-state index contributed by atoms with van der Waals surface area (Å²) in [6.45, 7) is 0. The number of benzene rings is 1. The van der Waals surface area contributed by atoms with Crippen molar-refractivity contribution in [3.8, 4) is 0 Å². The van der Waals surface area contributed by atoms with Gasteiger partial charge in [-0.25, -0.2) is 0 Å². The fourth-order valence-electron chi connectivity index (χ4n) is 1.27. The van der Waals surface area contributed by atoms with Crippen LogP contribution in [0.3, 0.4) is 0 Å². The highest BCUT2D eigenvalue weighted by atomic mass is 79.9. The Balaban J connectivity index is 1.90. The molecule has 84 valence electrons. The molecule has 2 nitrogen and oxygen atoms in total. The predicted octanol–water partition coefficient (Wildman–Crippen LogP) is 3.87. The third kappa shape index (κ3) is 3.14. The summed E-state index contributed by atoms with van der Waals surface area (Å²) >= 11 is 5.01. The van der Waals surface area contributed by atoms with Gasteiger partial charge in [0.1, 0.15) is 0 Å². The molecule has 2 aromatic rings.